The number of amides is 2. The number of fused-ring (bicyclic) bond motifs is 3. The van der Waals surface area contributed by atoms with Crippen molar-refractivity contribution in [1.82, 2.24) is 29.9 Å². The molecule has 5 rings (SSSR count). The zero-order valence-corrected chi connectivity index (χ0v) is 19.5. The van der Waals surface area contributed by atoms with Gasteiger partial charge in [0.2, 0.25) is 11.7 Å². The van der Waals surface area contributed by atoms with Crippen molar-refractivity contribution in [2.24, 2.45) is 5.92 Å². The first kappa shape index (κ1) is 22.1. The van der Waals surface area contributed by atoms with Crippen LogP contribution in [0.3, 0.4) is 0 Å². The summed E-state index contributed by atoms with van der Waals surface area (Å²) in [4.78, 5) is 30.2. The van der Waals surface area contributed by atoms with Gasteiger partial charge in [0.25, 0.3) is 5.91 Å². The van der Waals surface area contributed by atoms with E-state index < -0.39 is 0 Å². The van der Waals surface area contributed by atoms with E-state index in [1.807, 2.05) is 33.7 Å². The number of carbonyl (C=O) groups is 2. The molecule has 1 aliphatic carbocycles. The quantitative estimate of drug-likeness (QED) is 0.756. The van der Waals surface area contributed by atoms with Gasteiger partial charge in [-0.05, 0) is 31.2 Å². The third-order valence-corrected chi connectivity index (χ3v) is 7.49. The maximum Gasteiger partial charge on any atom is 0.289 e. The minimum atomic E-state index is -0.129. The number of hydrogen-bond acceptors (Lipinski definition) is 5. The Morgan fingerprint density at radius 1 is 1.00 bits per heavy atom. The Hall–Kier alpha value is -2.74. The zero-order chi connectivity index (χ0) is 22.8. The van der Waals surface area contributed by atoms with Gasteiger partial charge in [0.1, 0.15) is 0 Å². The standard InChI is InChI=1S/C25H34N6O2/c1-18-7-9-19(10-8-18)15-22(32)30-12-11-29-13-14-31-23(21(29)17-30)27-28-24(31)25(33)26-16-20-5-3-2-4-6-20/h7-10,20-21H,2-6,11-17H2,1H3,(H,26,33)/t21-/m0/s1. The Bertz CT molecular complexity index is 995. The molecular weight excluding hydrogens is 416 g/mol. The largest absolute Gasteiger partial charge is 0.349 e. The third kappa shape index (κ3) is 4.81. The van der Waals surface area contributed by atoms with Crippen LogP contribution in [0.15, 0.2) is 24.3 Å². The van der Waals surface area contributed by atoms with Crippen molar-refractivity contribution in [3.05, 3.63) is 47.0 Å². The van der Waals surface area contributed by atoms with E-state index in [4.69, 9.17) is 0 Å². The van der Waals surface area contributed by atoms with Gasteiger partial charge < -0.3 is 14.8 Å². The summed E-state index contributed by atoms with van der Waals surface area (Å²) in [6.07, 6.45) is 6.64. The van der Waals surface area contributed by atoms with Crippen LogP contribution in [-0.2, 0) is 17.8 Å². The summed E-state index contributed by atoms with van der Waals surface area (Å²) in [5.41, 5.74) is 2.23. The van der Waals surface area contributed by atoms with Gasteiger partial charge in [-0.3, -0.25) is 14.5 Å². The van der Waals surface area contributed by atoms with Crippen molar-refractivity contribution in [2.75, 3.05) is 32.7 Å². The number of piperazine rings is 1. The molecule has 2 aromatic rings. The van der Waals surface area contributed by atoms with E-state index in [2.05, 4.69) is 27.3 Å². The molecule has 2 aliphatic heterocycles. The number of aromatic nitrogens is 3. The number of carbonyl (C=O) groups excluding carboxylic acids is 2. The van der Waals surface area contributed by atoms with E-state index in [1.165, 1.54) is 37.7 Å². The minimum Gasteiger partial charge on any atom is -0.349 e. The fraction of sp³-hybridized carbons (Fsp3) is 0.600. The molecule has 1 N–H and O–H groups in total. The highest BCUT2D eigenvalue weighted by atomic mass is 16.2. The molecule has 176 valence electrons. The van der Waals surface area contributed by atoms with Crippen LogP contribution in [0.1, 0.15) is 65.7 Å². The second-order valence-corrected chi connectivity index (χ2v) is 9.80. The van der Waals surface area contributed by atoms with Gasteiger partial charge in [-0.2, -0.15) is 0 Å². The average molecular weight is 451 g/mol. The monoisotopic (exact) mass is 450 g/mol. The fourth-order valence-corrected chi connectivity index (χ4v) is 5.44. The molecule has 3 heterocycles. The second-order valence-electron chi connectivity index (χ2n) is 9.80. The summed E-state index contributed by atoms with van der Waals surface area (Å²) in [5, 5.41) is 11.8. The Morgan fingerprint density at radius 2 is 1.76 bits per heavy atom. The van der Waals surface area contributed by atoms with Crippen molar-refractivity contribution in [3.8, 4) is 0 Å². The molecule has 0 unspecified atom stereocenters. The molecule has 1 saturated heterocycles. The Labute approximate surface area is 195 Å². The van der Waals surface area contributed by atoms with E-state index in [0.29, 0.717) is 31.3 Å². The number of hydrogen-bond donors (Lipinski definition) is 1. The lowest BCUT2D eigenvalue weighted by Crippen LogP contribution is -2.54. The average Bonchev–Trinajstić information content (AvgIpc) is 3.29. The zero-order valence-electron chi connectivity index (χ0n) is 19.5. The fourth-order valence-electron chi connectivity index (χ4n) is 5.44. The number of aryl methyl sites for hydroxylation is 1. The molecule has 8 heteroatoms. The predicted molar refractivity (Wildman–Crippen MR) is 125 cm³/mol. The van der Waals surface area contributed by atoms with Gasteiger partial charge in [-0.15, -0.1) is 10.2 Å². The minimum absolute atomic E-state index is 0.0122. The molecule has 1 aromatic heterocycles. The number of rotatable bonds is 5. The molecular formula is C25H34N6O2. The lowest BCUT2D eigenvalue weighted by Gasteiger charge is -2.43. The molecule has 1 atom stereocenters. The van der Waals surface area contributed by atoms with Crippen LogP contribution in [0.5, 0.6) is 0 Å². The van der Waals surface area contributed by atoms with Crippen molar-refractivity contribution >= 4 is 11.8 Å². The van der Waals surface area contributed by atoms with Gasteiger partial charge in [-0.1, -0.05) is 49.1 Å². The summed E-state index contributed by atoms with van der Waals surface area (Å²) in [7, 11) is 0. The summed E-state index contributed by atoms with van der Waals surface area (Å²) in [6, 6.07) is 8.13. The molecule has 2 amide bonds. The van der Waals surface area contributed by atoms with E-state index >= 15 is 0 Å². The first-order chi connectivity index (χ1) is 16.1. The van der Waals surface area contributed by atoms with Crippen LogP contribution in [0, 0.1) is 12.8 Å². The van der Waals surface area contributed by atoms with Gasteiger partial charge in [0.15, 0.2) is 5.82 Å². The number of benzene rings is 1. The van der Waals surface area contributed by atoms with Crippen LogP contribution in [0.25, 0.3) is 0 Å². The molecule has 1 aromatic carbocycles. The lowest BCUT2D eigenvalue weighted by molar-refractivity contribution is -0.134. The van der Waals surface area contributed by atoms with E-state index in [9.17, 15) is 9.59 Å². The molecule has 0 bridgehead atoms. The van der Waals surface area contributed by atoms with E-state index in [0.717, 1.165) is 37.6 Å². The molecule has 0 radical (unpaired) electrons. The van der Waals surface area contributed by atoms with Gasteiger partial charge in [0, 0.05) is 39.3 Å². The molecule has 8 nitrogen and oxygen atoms in total. The highest BCUT2D eigenvalue weighted by Crippen LogP contribution is 2.29. The first-order valence-electron chi connectivity index (χ1n) is 12.4. The van der Waals surface area contributed by atoms with Crippen LogP contribution >= 0.6 is 0 Å². The smallest absolute Gasteiger partial charge is 0.289 e. The van der Waals surface area contributed by atoms with Crippen LogP contribution < -0.4 is 5.32 Å². The van der Waals surface area contributed by atoms with Gasteiger partial charge >= 0.3 is 0 Å². The van der Waals surface area contributed by atoms with Gasteiger partial charge in [-0.25, -0.2) is 0 Å². The molecule has 33 heavy (non-hydrogen) atoms. The summed E-state index contributed by atoms with van der Waals surface area (Å²) >= 11 is 0. The second kappa shape index (κ2) is 9.63. The number of nitrogens with one attached hydrogen (secondary N) is 1. The van der Waals surface area contributed by atoms with Crippen LogP contribution in [0.2, 0.25) is 0 Å². The Balaban J connectivity index is 1.24. The first-order valence-corrected chi connectivity index (χ1v) is 12.4. The highest BCUT2D eigenvalue weighted by molar-refractivity contribution is 5.90. The van der Waals surface area contributed by atoms with Crippen molar-refractivity contribution in [3.63, 3.8) is 0 Å². The molecule has 2 fully saturated rings. The predicted octanol–water partition coefficient (Wildman–Crippen LogP) is 2.34. The normalized spacial score (nSPS) is 21.4. The van der Waals surface area contributed by atoms with Crippen LogP contribution in [-0.4, -0.2) is 69.1 Å². The topological polar surface area (TPSA) is 83.4 Å². The van der Waals surface area contributed by atoms with Crippen molar-refractivity contribution < 1.29 is 9.59 Å². The molecule has 3 aliphatic rings. The Kier molecular flexibility index (Phi) is 6.44. The van der Waals surface area contributed by atoms with Crippen molar-refractivity contribution in [2.45, 2.75) is 58.0 Å². The Morgan fingerprint density at radius 3 is 2.55 bits per heavy atom. The number of nitrogens with zero attached hydrogens (tertiary/aromatic N) is 5. The summed E-state index contributed by atoms with van der Waals surface area (Å²) in [6.45, 7) is 6.46. The summed E-state index contributed by atoms with van der Waals surface area (Å²) in [5.74, 6) is 1.80. The SMILES string of the molecule is Cc1ccc(CC(=O)N2CCN3CCn4c(C(=O)NCC5CCCCC5)nnc4[C@@H]3C2)cc1. The maximum atomic E-state index is 13.0. The van der Waals surface area contributed by atoms with Crippen LogP contribution in [0.4, 0.5) is 0 Å². The highest BCUT2D eigenvalue weighted by Gasteiger charge is 2.38. The molecule has 0 spiro atoms. The van der Waals surface area contributed by atoms with E-state index in [1.54, 1.807) is 0 Å². The maximum absolute atomic E-state index is 13.0. The van der Waals surface area contributed by atoms with Gasteiger partial charge in [0.05, 0.1) is 12.5 Å². The molecule has 1 saturated carbocycles. The van der Waals surface area contributed by atoms with E-state index in [-0.39, 0.29) is 17.9 Å². The van der Waals surface area contributed by atoms with Crippen molar-refractivity contribution in [1.29, 1.82) is 0 Å². The lowest BCUT2D eigenvalue weighted by atomic mass is 9.89. The summed E-state index contributed by atoms with van der Waals surface area (Å²) < 4.78 is 1.96. The third-order valence-electron chi connectivity index (χ3n) is 7.49.